The third-order valence-corrected chi connectivity index (χ3v) is 10.9. The summed E-state index contributed by atoms with van der Waals surface area (Å²) in [6.45, 7) is 1.84. The van der Waals surface area contributed by atoms with E-state index in [9.17, 15) is 8.42 Å². The predicted molar refractivity (Wildman–Crippen MR) is 121 cm³/mol. The molecule has 0 radical (unpaired) electrons. The van der Waals surface area contributed by atoms with Crippen LogP contribution < -0.4 is 0 Å². The second kappa shape index (κ2) is 6.80. The first-order valence-electron chi connectivity index (χ1n) is 11.5. The van der Waals surface area contributed by atoms with E-state index in [1.54, 1.807) is 0 Å². The van der Waals surface area contributed by atoms with Crippen molar-refractivity contribution in [1.82, 2.24) is 4.90 Å². The quantitative estimate of drug-likeness (QED) is 0.685. The summed E-state index contributed by atoms with van der Waals surface area (Å²) < 4.78 is 29.3. The lowest BCUT2D eigenvalue weighted by molar-refractivity contribution is 0.0637. The van der Waals surface area contributed by atoms with Crippen molar-refractivity contribution in [2.24, 2.45) is 17.8 Å². The summed E-state index contributed by atoms with van der Waals surface area (Å²) in [6.07, 6.45) is 6.74. The SMILES string of the molecule is O=S1(=O)C(c2ccccc2)=C(c2ccccc2)C2C3CCC(C3)[C@]21N1CCCCC1. The van der Waals surface area contributed by atoms with Gasteiger partial charge in [0.15, 0.2) is 9.84 Å². The first-order chi connectivity index (χ1) is 14.7. The highest BCUT2D eigenvalue weighted by atomic mass is 32.2. The van der Waals surface area contributed by atoms with Gasteiger partial charge in [-0.05, 0) is 73.7 Å². The molecular weight excluding hydrogens is 390 g/mol. The van der Waals surface area contributed by atoms with Gasteiger partial charge in [0, 0.05) is 5.92 Å². The lowest BCUT2D eigenvalue weighted by Crippen LogP contribution is -2.61. The highest BCUT2D eigenvalue weighted by Crippen LogP contribution is 2.69. The van der Waals surface area contributed by atoms with Crippen molar-refractivity contribution in [3.63, 3.8) is 0 Å². The molecular formula is C26H29NO2S. The monoisotopic (exact) mass is 419 g/mol. The van der Waals surface area contributed by atoms with E-state index >= 15 is 0 Å². The highest BCUT2D eigenvalue weighted by Gasteiger charge is 2.72. The average molecular weight is 420 g/mol. The maximum Gasteiger partial charge on any atom is 0.199 e. The molecule has 2 saturated carbocycles. The van der Waals surface area contributed by atoms with Crippen molar-refractivity contribution >= 4 is 20.3 Å². The van der Waals surface area contributed by atoms with Gasteiger partial charge in [0.1, 0.15) is 4.87 Å². The number of fused-ring (bicyclic) bond motifs is 5. The van der Waals surface area contributed by atoms with Crippen LogP contribution in [0.4, 0.5) is 0 Å². The van der Waals surface area contributed by atoms with Crippen LogP contribution in [0.2, 0.25) is 0 Å². The van der Waals surface area contributed by atoms with Gasteiger partial charge < -0.3 is 0 Å². The van der Waals surface area contributed by atoms with Crippen molar-refractivity contribution in [3.8, 4) is 0 Å². The Morgan fingerprint density at radius 2 is 1.43 bits per heavy atom. The van der Waals surface area contributed by atoms with Gasteiger partial charge in [-0.1, -0.05) is 67.1 Å². The Kier molecular flexibility index (Phi) is 4.26. The highest BCUT2D eigenvalue weighted by molar-refractivity contribution is 8.02. The van der Waals surface area contributed by atoms with E-state index in [1.807, 2.05) is 48.5 Å². The van der Waals surface area contributed by atoms with Gasteiger partial charge >= 0.3 is 0 Å². The standard InChI is InChI=1S/C26H29NO2S/c28-30(29)25(20-12-6-2-7-13-20)23(19-10-4-1-5-11-19)24-21-14-15-22(18-21)26(24,30)27-16-8-3-9-17-27/h1-2,4-7,10-13,21-22,24H,3,8-9,14-18H2/t21?,22?,24?,26-/m1/s1. The smallest absolute Gasteiger partial charge is 0.199 e. The van der Waals surface area contributed by atoms with Gasteiger partial charge in [-0.3, -0.25) is 4.90 Å². The van der Waals surface area contributed by atoms with Crippen LogP contribution in [0.3, 0.4) is 0 Å². The molecule has 2 heterocycles. The minimum Gasteiger partial charge on any atom is -0.284 e. The van der Waals surface area contributed by atoms with Crippen molar-refractivity contribution in [1.29, 1.82) is 0 Å². The van der Waals surface area contributed by atoms with E-state index in [0.29, 0.717) is 10.8 Å². The topological polar surface area (TPSA) is 37.4 Å². The van der Waals surface area contributed by atoms with Gasteiger partial charge in [-0.2, -0.15) is 0 Å². The lowest BCUT2D eigenvalue weighted by atomic mass is 9.75. The molecule has 6 rings (SSSR count). The van der Waals surface area contributed by atoms with E-state index in [0.717, 1.165) is 55.5 Å². The Balaban J connectivity index is 1.66. The third-order valence-electron chi connectivity index (χ3n) is 8.20. The first kappa shape index (κ1) is 18.8. The zero-order chi connectivity index (χ0) is 20.3. The second-order valence-corrected chi connectivity index (χ2v) is 11.6. The molecule has 2 aromatic carbocycles. The van der Waals surface area contributed by atoms with Crippen LogP contribution in [0.25, 0.3) is 10.5 Å². The molecule has 3 unspecified atom stereocenters. The van der Waals surface area contributed by atoms with Crippen LogP contribution in [0, 0.1) is 17.8 Å². The number of rotatable bonds is 3. The Morgan fingerprint density at radius 3 is 2.10 bits per heavy atom. The Bertz CT molecular complexity index is 1090. The van der Waals surface area contributed by atoms with Crippen LogP contribution in [-0.2, 0) is 9.84 Å². The van der Waals surface area contributed by atoms with Crippen LogP contribution in [0.1, 0.15) is 49.7 Å². The fourth-order valence-electron chi connectivity index (χ4n) is 7.26. The summed E-state index contributed by atoms with van der Waals surface area (Å²) in [5.74, 6) is 0.829. The molecule has 0 N–H and O–H groups in total. The number of hydrogen-bond acceptors (Lipinski definition) is 3. The Hall–Kier alpha value is -1.91. The maximum atomic E-state index is 14.7. The second-order valence-electron chi connectivity index (χ2n) is 9.53. The Labute approximate surface area is 179 Å². The summed E-state index contributed by atoms with van der Waals surface area (Å²) in [6, 6.07) is 20.2. The van der Waals surface area contributed by atoms with Crippen LogP contribution in [0.5, 0.6) is 0 Å². The fourth-order valence-corrected chi connectivity index (χ4v) is 10.4. The largest absolute Gasteiger partial charge is 0.284 e. The number of piperidine rings is 1. The Morgan fingerprint density at radius 1 is 0.800 bits per heavy atom. The molecule has 4 aliphatic rings. The van der Waals surface area contributed by atoms with Gasteiger partial charge in [0.2, 0.25) is 0 Å². The molecule has 2 aliphatic heterocycles. The molecule has 2 aromatic rings. The minimum atomic E-state index is -3.50. The van der Waals surface area contributed by atoms with Gasteiger partial charge in [0.25, 0.3) is 0 Å². The molecule has 3 nitrogen and oxygen atoms in total. The zero-order valence-corrected chi connectivity index (χ0v) is 18.2. The summed E-state index contributed by atoms with van der Waals surface area (Å²) in [7, 11) is -3.50. The molecule has 0 amide bonds. The minimum absolute atomic E-state index is 0.0944. The van der Waals surface area contributed by atoms with Crippen molar-refractivity contribution < 1.29 is 8.42 Å². The molecule has 0 spiro atoms. The van der Waals surface area contributed by atoms with Crippen LogP contribution in [0.15, 0.2) is 60.7 Å². The molecule has 1 saturated heterocycles. The van der Waals surface area contributed by atoms with Crippen molar-refractivity contribution in [2.75, 3.05) is 13.1 Å². The van der Waals surface area contributed by atoms with Gasteiger partial charge in [-0.15, -0.1) is 0 Å². The van der Waals surface area contributed by atoms with E-state index < -0.39 is 14.7 Å². The van der Waals surface area contributed by atoms with Crippen LogP contribution in [-0.4, -0.2) is 31.3 Å². The van der Waals surface area contributed by atoms with Crippen molar-refractivity contribution in [3.05, 3.63) is 71.8 Å². The number of likely N-dealkylation sites (tertiary alicyclic amines) is 1. The molecule has 30 heavy (non-hydrogen) atoms. The van der Waals surface area contributed by atoms with E-state index in [1.165, 1.54) is 12.8 Å². The van der Waals surface area contributed by atoms with Crippen LogP contribution >= 0.6 is 0 Å². The third kappa shape index (κ3) is 2.32. The zero-order valence-electron chi connectivity index (χ0n) is 17.3. The first-order valence-corrected chi connectivity index (χ1v) is 13.0. The normalized spacial score (nSPS) is 35.0. The molecule has 2 aliphatic carbocycles. The average Bonchev–Trinajstić information content (AvgIpc) is 3.45. The molecule has 2 bridgehead atoms. The van der Waals surface area contributed by atoms with E-state index in [-0.39, 0.29) is 11.8 Å². The summed E-state index contributed by atoms with van der Waals surface area (Å²) in [4.78, 5) is 2.30. The molecule has 4 heteroatoms. The van der Waals surface area contributed by atoms with Crippen molar-refractivity contribution in [2.45, 2.75) is 43.4 Å². The summed E-state index contributed by atoms with van der Waals surface area (Å²) in [5, 5.41) is 0. The maximum absolute atomic E-state index is 14.7. The molecule has 4 atom stereocenters. The number of sulfone groups is 1. The number of benzene rings is 2. The molecule has 0 aromatic heterocycles. The number of hydrogen-bond donors (Lipinski definition) is 0. The number of nitrogens with zero attached hydrogens (tertiary/aromatic N) is 1. The summed E-state index contributed by atoms with van der Waals surface area (Å²) >= 11 is 0. The predicted octanol–water partition coefficient (Wildman–Crippen LogP) is 5.21. The van der Waals surface area contributed by atoms with E-state index in [4.69, 9.17) is 0 Å². The molecule has 156 valence electrons. The van der Waals surface area contributed by atoms with E-state index in [2.05, 4.69) is 17.0 Å². The van der Waals surface area contributed by atoms with Gasteiger partial charge in [0.05, 0.1) is 4.91 Å². The fraction of sp³-hybridized carbons (Fsp3) is 0.462. The molecule has 3 fully saturated rings. The van der Waals surface area contributed by atoms with Gasteiger partial charge in [-0.25, -0.2) is 8.42 Å². The summed E-state index contributed by atoms with van der Waals surface area (Å²) in [5.41, 5.74) is 3.05. The lowest BCUT2D eigenvalue weighted by Gasteiger charge is -2.49.